The molecule has 1 aromatic heterocycles. The second-order valence-corrected chi connectivity index (χ2v) is 7.06. The van der Waals surface area contributed by atoms with Crippen LogP contribution in [-0.2, 0) is 0 Å². The molecule has 0 aliphatic carbocycles. The Hall–Kier alpha value is -4.01. The summed E-state index contributed by atoms with van der Waals surface area (Å²) in [6.45, 7) is 2.32. The third kappa shape index (κ3) is 4.30. The van der Waals surface area contributed by atoms with Gasteiger partial charge in [-0.05, 0) is 36.4 Å². The number of carbonyl (C=O) groups is 1. The Morgan fingerprint density at radius 2 is 1.68 bits per heavy atom. The van der Waals surface area contributed by atoms with Gasteiger partial charge in [0.05, 0.1) is 17.7 Å². The Balaban J connectivity index is 1.39. The van der Waals surface area contributed by atoms with Crippen molar-refractivity contribution in [1.82, 2.24) is 15.1 Å². The zero-order valence-electron chi connectivity index (χ0n) is 17.0. The summed E-state index contributed by atoms with van der Waals surface area (Å²) in [6, 6.07) is 17.2. The highest BCUT2D eigenvalue weighted by molar-refractivity contribution is 5.94. The first-order valence-corrected chi connectivity index (χ1v) is 9.82. The molecule has 0 spiro atoms. The maximum Gasteiger partial charge on any atom is 0.269 e. The number of amides is 1. The fraction of sp³-hybridized carbons (Fsp3) is 0.227. The van der Waals surface area contributed by atoms with E-state index in [-0.39, 0.29) is 11.6 Å². The SMILES string of the molecule is COc1ccccc1-c1ccc(N2CCN(C(=O)c3ccc([N+](=O)[O-])cc3)CC2)nn1. The molecule has 4 rings (SSSR count). The Morgan fingerprint density at radius 1 is 0.968 bits per heavy atom. The molecule has 3 aromatic rings. The van der Waals surface area contributed by atoms with Crippen molar-refractivity contribution in [2.45, 2.75) is 0 Å². The number of aromatic nitrogens is 2. The summed E-state index contributed by atoms with van der Waals surface area (Å²) in [5, 5.41) is 19.5. The van der Waals surface area contributed by atoms with E-state index < -0.39 is 4.92 Å². The number of para-hydroxylation sites is 1. The van der Waals surface area contributed by atoms with Gasteiger partial charge in [-0.3, -0.25) is 14.9 Å². The van der Waals surface area contributed by atoms with Gasteiger partial charge in [-0.15, -0.1) is 10.2 Å². The predicted octanol–water partition coefficient (Wildman–Crippen LogP) is 3.02. The molecular weight excluding hydrogens is 398 g/mol. The van der Waals surface area contributed by atoms with Crippen LogP contribution in [0.25, 0.3) is 11.3 Å². The molecule has 1 saturated heterocycles. The van der Waals surface area contributed by atoms with Gasteiger partial charge in [0, 0.05) is 49.4 Å². The van der Waals surface area contributed by atoms with Crippen molar-refractivity contribution in [3.05, 3.63) is 76.3 Å². The monoisotopic (exact) mass is 419 g/mol. The number of ether oxygens (including phenoxy) is 1. The Morgan fingerprint density at radius 3 is 2.29 bits per heavy atom. The minimum atomic E-state index is -0.479. The number of nitrogens with zero attached hydrogens (tertiary/aromatic N) is 5. The van der Waals surface area contributed by atoms with Gasteiger partial charge < -0.3 is 14.5 Å². The second kappa shape index (κ2) is 8.78. The molecule has 1 amide bonds. The van der Waals surface area contributed by atoms with Crippen LogP contribution in [-0.4, -0.2) is 59.2 Å². The first-order chi connectivity index (χ1) is 15.1. The molecule has 1 aliphatic rings. The molecule has 0 N–H and O–H groups in total. The minimum Gasteiger partial charge on any atom is -0.496 e. The fourth-order valence-electron chi connectivity index (χ4n) is 3.54. The molecule has 0 radical (unpaired) electrons. The molecule has 9 nitrogen and oxygen atoms in total. The van der Waals surface area contributed by atoms with Gasteiger partial charge in [-0.1, -0.05) is 12.1 Å². The number of methoxy groups -OCH3 is 1. The fourth-order valence-corrected chi connectivity index (χ4v) is 3.54. The van der Waals surface area contributed by atoms with Crippen LogP contribution in [0.5, 0.6) is 5.75 Å². The molecule has 0 bridgehead atoms. The molecule has 1 fully saturated rings. The maximum absolute atomic E-state index is 12.7. The van der Waals surface area contributed by atoms with Crippen LogP contribution >= 0.6 is 0 Å². The number of anilines is 1. The molecule has 2 heterocycles. The number of benzene rings is 2. The molecular formula is C22H21N5O4. The van der Waals surface area contributed by atoms with Gasteiger partial charge in [0.2, 0.25) is 0 Å². The van der Waals surface area contributed by atoms with E-state index >= 15 is 0 Å². The van der Waals surface area contributed by atoms with Gasteiger partial charge >= 0.3 is 0 Å². The van der Waals surface area contributed by atoms with E-state index in [0.717, 1.165) is 22.8 Å². The van der Waals surface area contributed by atoms with E-state index in [1.54, 1.807) is 12.0 Å². The smallest absolute Gasteiger partial charge is 0.269 e. The summed E-state index contributed by atoms with van der Waals surface area (Å²) in [7, 11) is 1.62. The van der Waals surface area contributed by atoms with Crippen LogP contribution in [0.3, 0.4) is 0 Å². The van der Waals surface area contributed by atoms with Gasteiger partial charge in [0.15, 0.2) is 5.82 Å². The van der Waals surface area contributed by atoms with Crippen LogP contribution in [0.2, 0.25) is 0 Å². The standard InChI is InChI=1S/C22H21N5O4/c1-31-20-5-3-2-4-18(20)19-10-11-21(24-23-19)25-12-14-26(15-13-25)22(28)16-6-8-17(9-7-16)27(29)30/h2-11H,12-15H2,1H3. The van der Waals surface area contributed by atoms with Crippen molar-refractivity contribution in [2.24, 2.45) is 0 Å². The largest absolute Gasteiger partial charge is 0.496 e. The van der Waals surface area contributed by atoms with Gasteiger partial charge in [0.25, 0.3) is 11.6 Å². The number of rotatable bonds is 5. The highest BCUT2D eigenvalue weighted by Crippen LogP contribution is 2.28. The Bertz CT molecular complexity index is 1080. The quantitative estimate of drug-likeness (QED) is 0.463. The van der Waals surface area contributed by atoms with Crippen molar-refractivity contribution in [1.29, 1.82) is 0 Å². The first-order valence-electron chi connectivity index (χ1n) is 9.82. The summed E-state index contributed by atoms with van der Waals surface area (Å²) in [5.74, 6) is 1.36. The van der Waals surface area contributed by atoms with E-state index in [1.807, 2.05) is 36.4 Å². The van der Waals surface area contributed by atoms with Crippen LogP contribution in [0.4, 0.5) is 11.5 Å². The average molecular weight is 419 g/mol. The summed E-state index contributed by atoms with van der Waals surface area (Å²) < 4.78 is 5.39. The maximum atomic E-state index is 12.7. The molecule has 31 heavy (non-hydrogen) atoms. The lowest BCUT2D eigenvalue weighted by molar-refractivity contribution is -0.384. The topological polar surface area (TPSA) is 102 Å². The van der Waals surface area contributed by atoms with E-state index in [0.29, 0.717) is 31.7 Å². The third-order valence-corrected chi connectivity index (χ3v) is 5.25. The van der Waals surface area contributed by atoms with Crippen LogP contribution in [0.15, 0.2) is 60.7 Å². The van der Waals surface area contributed by atoms with Crippen molar-refractivity contribution < 1.29 is 14.5 Å². The summed E-state index contributed by atoms with van der Waals surface area (Å²) in [6.07, 6.45) is 0. The van der Waals surface area contributed by atoms with Crippen LogP contribution in [0, 0.1) is 10.1 Å². The number of piperazine rings is 1. The number of carbonyl (C=O) groups excluding carboxylic acids is 1. The minimum absolute atomic E-state index is 0.0310. The zero-order valence-corrected chi connectivity index (χ0v) is 17.0. The van der Waals surface area contributed by atoms with E-state index in [4.69, 9.17) is 4.74 Å². The van der Waals surface area contributed by atoms with Crippen molar-refractivity contribution in [3.63, 3.8) is 0 Å². The Labute approximate surface area is 179 Å². The summed E-state index contributed by atoms with van der Waals surface area (Å²) in [4.78, 5) is 26.8. The molecule has 0 unspecified atom stereocenters. The molecule has 1 aliphatic heterocycles. The summed E-state index contributed by atoms with van der Waals surface area (Å²) in [5.41, 5.74) is 2.02. The van der Waals surface area contributed by atoms with Gasteiger partial charge in [-0.2, -0.15) is 0 Å². The number of hydrogen-bond donors (Lipinski definition) is 0. The zero-order chi connectivity index (χ0) is 21.8. The lowest BCUT2D eigenvalue weighted by Gasteiger charge is -2.35. The first kappa shape index (κ1) is 20.3. The normalized spacial score (nSPS) is 13.7. The predicted molar refractivity (Wildman–Crippen MR) is 115 cm³/mol. The molecule has 0 saturated carbocycles. The number of hydrogen-bond acceptors (Lipinski definition) is 7. The Kier molecular flexibility index (Phi) is 5.74. The van der Waals surface area contributed by atoms with Gasteiger partial charge in [-0.25, -0.2) is 0 Å². The van der Waals surface area contributed by atoms with E-state index in [2.05, 4.69) is 15.1 Å². The summed E-state index contributed by atoms with van der Waals surface area (Å²) >= 11 is 0. The van der Waals surface area contributed by atoms with Crippen molar-refractivity contribution in [3.8, 4) is 17.0 Å². The second-order valence-electron chi connectivity index (χ2n) is 7.06. The average Bonchev–Trinajstić information content (AvgIpc) is 2.84. The van der Waals surface area contributed by atoms with Crippen molar-refractivity contribution >= 4 is 17.4 Å². The highest BCUT2D eigenvalue weighted by atomic mass is 16.6. The highest BCUT2D eigenvalue weighted by Gasteiger charge is 2.23. The number of nitro benzene ring substituents is 1. The van der Waals surface area contributed by atoms with Gasteiger partial charge in [0.1, 0.15) is 5.75 Å². The molecule has 9 heteroatoms. The van der Waals surface area contributed by atoms with E-state index in [1.165, 1.54) is 24.3 Å². The molecule has 0 atom stereocenters. The van der Waals surface area contributed by atoms with Crippen LogP contribution in [0.1, 0.15) is 10.4 Å². The number of non-ortho nitro benzene ring substituents is 1. The van der Waals surface area contributed by atoms with Crippen molar-refractivity contribution in [2.75, 3.05) is 38.2 Å². The lowest BCUT2D eigenvalue weighted by Crippen LogP contribution is -2.49. The third-order valence-electron chi connectivity index (χ3n) is 5.25. The lowest BCUT2D eigenvalue weighted by atomic mass is 10.1. The number of nitro groups is 1. The van der Waals surface area contributed by atoms with E-state index in [9.17, 15) is 14.9 Å². The van der Waals surface area contributed by atoms with Crippen LogP contribution < -0.4 is 9.64 Å². The molecule has 158 valence electrons. The molecule has 2 aromatic carbocycles.